The van der Waals surface area contributed by atoms with Gasteiger partial charge in [0.1, 0.15) is 52.1 Å². The highest BCUT2D eigenvalue weighted by Crippen LogP contribution is 2.40. The number of nitrogens with two attached hydrogens (primary N) is 1. The molecular weight excluding hydrogens is 660 g/mol. The summed E-state index contributed by atoms with van der Waals surface area (Å²) in [5, 5.41) is 29.3. The Labute approximate surface area is 265 Å². The van der Waals surface area contributed by atoms with Crippen molar-refractivity contribution in [1.29, 1.82) is 0 Å². The van der Waals surface area contributed by atoms with E-state index >= 15 is 0 Å². The van der Waals surface area contributed by atoms with Gasteiger partial charge in [-0.1, -0.05) is 39.4 Å². The fraction of sp³-hybridized carbons (Fsp3) is 0.333. The molecule has 3 amide bonds. The minimum absolute atomic E-state index is 0.00899. The summed E-state index contributed by atoms with van der Waals surface area (Å²) in [7, 11) is 0. The van der Waals surface area contributed by atoms with E-state index in [0.29, 0.717) is 17.8 Å². The number of amides is 3. The number of carboxylic acid groups (broad SMARTS) is 2. The minimum atomic E-state index is -1.42. The van der Waals surface area contributed by atoms with E-state index in [4.69, 9.17) is 27.3 Å². The third-order valence-corrected chi connectivity index (χ3v) is 9.96. The molecule has 0 aromatic carbocycles. The van der Waals surface area contributed by atoms with Crippen LogP contribution in [0.3, 0.4) is 0 Å². The second kappa shape index (κ2) is 12.4. The predicted octanol–water partition coefficient (Wildman–Crippen LogP) is 0.420. The third kappa shape index (κ3) is 5.70. The van der Waals surface area contributed by atoms with E-state index in [1.54, 1.807) is 6.92 Å². The van der Waals surface area contributed by atoms with Gasteiger partial charge in [0, 0.05) is 16.7 Å². The summed E-state index contributed by atoms with van der Waals surface area (Å²) in [6, 6.07) is -1.53. The first-order chi connectivity index (χ1) is 20.9. The standard InChI is InChI=1S/C24H23ClN8O8S3/c1-9(27-8-34)19-31(6-12-32(19)3-4-42-12)5-11-7-43-21-15(20(36)33(21)16(11)23(39)40)28-18(35)14(30-41-10(2)22(37)38)13-17(25)44-24(26)29-13/h3-4,6,8-10,15,21H,5,7H2,1-2H3,(H5-,26,27,28,29,34,35,37,38,39,40)/p+1/t9-,10+,15-,21-/m1/s1. The number of thioether (sulfide) groups is 1. The molecule has 1 fully saturated rings. The van der Waals surface area contributed by atoms with Gasteiger partial charge < -0.3 is 31.4 Å². The van der Waals surface area contributed by atoms with Crippen LogP contribution >= 0.6 is 46.0 Å². The van der Waals surface area contributed by atoms with Crippen LogP contribution in [0.5, 0.6) is 0 Å². The molecule has 0 spiro atoms. The number of halogens is 1. The second-order valence-electron chi connectivity index (χ2n) is 9.55. The van der Waals surface area contributed by atoms with Crippen LogP contribution in [0.15, 0.2) is 34.2 Å². The van der Waals surface area contributed by atoms with Gasteiger partial charge in [0.25, 0.3) is 17.6 Å². The van der Waals surface area contributed by atoms with Gasteiger partial charge in [-0.3, -0.25) is 19.3 Å². The maximum Gasteiger partial charge on any atom is 0.352 e. The van der Waals surface area contributed by atoms with Crippen molar-refractivity contribution >= 4 is 91.9 Å². The van der Waals surface area contributed by atoms with Crippen molar-refractivity contribution < 1.29 is 43.6 Å². The van der Waals surface area contributed by atoms with Crippen LogP contribution in [-0.4, -0.2) is 83.6 Å². The minimum Gasteiger partial charge on any atom is -0.478 e. The number of carbonyl (C=O) groups is 5. The first-order valence-electron chi connectivity index (χ1n) is 12.7. The van der Waals surface area contributed by atoms with Gasteiger partial charge >= 0.3 is 11.9 Å². The molecule has 1 saturated heterocycles. The highest BCUT2D eigenvalue weighted by Gasteiger charge is 2.55. The normalized spacial score (nSPS) is 19.7. The number of thiazole rings is 2. The smallest absolute Gasteiger partial charge is 0.352 e. The maximum atomic E-state index is 13.3. The van der Waals surface area contributed by atoms with E-state index in [0.717, 1.165) is 21.1 Å². The van der Waals surface area contributed by atoms with E-state index < -0.39 is 53.0 Å². The lowest BCUT2D eigenvalue weighted by Gasteiger charge is -2.49. The molecule has 3 aromatic heterocycles. The van der Waals surface area contributed by atoms with Crippen molar-refractivity contribution in [1.82, 2.24) is 24.9 Å². The molecule has 0 aliphatic carbocycles. The molecule has 2 aliphatic heterocycles. The molecule has 5 rings (SSSR count). The van der Waals surface area contributed by atoms with Crippen molar-refractivity contribution in [3.8, 4) is 0 Å². The Bertz CT molecular complexity index is 1750. The average Bonchev–Trinajstić information content (AvgIpc) is 3.65. The van der Waals surface area contributed by atoms with Crippen molar-refractivity contribution in [3.63, 3.8) is 0 Å². The Morgan fingerprint density at radius 2 is 2.11 bits per heavy atom. The number of hydrogen-bond donors (Lipinski definition) is 5. The van der Waals surface area contributed by atoms with Crippen molar-refractivity contribution in [2.75, 3.05) is 11.5 Å². The van der Waals surface area contributed by atoms with E-state index in [1.165, 1.54) is 30.0 Å². The van der Waals surface area contributed by atoms with Gasteiger partial charge in [0.05, 0.1) is 0 Å². The molecule has 6 N–H and O–H groups in total. The molecule has 4 atom stereocenters. The van der Waals surface area contributed by atoms with Crippen LogP contribution in [0.4, 0.5) is 5.13 Å². The predicted molar refractivity (Wildman–Crippen MR) is 159 cm³/mol. The number of aromatic nitrogens is 3. The number of rotatable bonds is 12. The summed E-state index contributed by atoms with van der Waals surface area (Å²) in [4.78, 5) is 72.3. The number of nitrogen functional groups attached to an aromatic ring is 1. The van der Waals surface area contributed by atoms with Gasteiger partial charge in [-0.25, -0.2) is 19.1 Å². The van der Waals surface area contributed by atoms with Crippen LogP contribution in [-0.2, 0) is 35.4 Å². The van der Waals surface area contributed by atoms with Gasteiger partial charge in [-0.2, -0.15) is 4.40 Å². The van der Waals surface area contributed by atoms with E-state index in [9.17, 15) is 29.1 Å². The van der Waals surface area contributed by atoms with Gasteiger partial charge in [0.2, 0.25) is 17.3 Å². The zero-order valence-electron chi connectivity index (χ0n) is 22.8. The summed E-state index contributed by atoms with van der Waals surface area (Å²) in [6.45, 7) is 3.13. The molecule has 0 saturated carbocycles. The van der Waals surface area contributed by atoms with E-state index in [1.807, 2.05) is 26.7 Å². The molecule has 0 radical (unpaired) electrons. The number of anilines is 1. The van der Waals surface area contributed by atoms with Crippen molar-refractivity contribution in [2.24, 2.45) is 5.16 Å². The molecule has 44 heavy (non-hydrogen) atoms. The number of nitrogens with one attached hydrogen (secondary N) is 2. The summed E-state index contributed by atoms with van der Waals surface area (Å²) in [5.74, 6) is -3.34. The van der Waals surface area contributed by atoms with Crippen LogP contribution < -0.4 is 20.9 Å². The number of β-lactam (4-membered cyclic amide) rings is 1. The number of carboxylic acids is 2. The number of nitrogens with zero attached hydrogens (tertiary/aromatic N) is 5. The lowest BCUT2D eigenvalue weighted by Crippen LogP contribution is -2.71. The quantitative estimate of drug-likeness (QED) is 0.0579. The largest absolute Gasteiger partial charge is 0.478 e. The van der Waals surface area contributed by atoms with Crippen molar-refractivity contribution in [2.45, 2.75) is 44.0 Å². The molecule has 3 aromatic rings. The Balaban J connectivity index is 1.40. The Hall–Kier alpha value is -4.20. The number of carbonyl (C=O) groups excluding carboxylic acids is 3. The Morgan fingerprint density at radius 3 is 2.75 bits per heavy atom. The summed E-state index contributed by atoms with van der Waals surface area (Å²) >= 11 is 9.74. The summed E-state index contributed by atoms with van der Waals surface area (Å²) in [5.41, 5.74) is 5.28. The molecule has 16 nitrogen and oxygen atoms in total. The van der Waals surface area contributed by atoms with Crippen molar-refractivity contribution in [3.05, 3.63) is 44.9 Å². The molecule has 0 bridgehead atoms. The second-order valence-corrected chi connectivity index (χ2v) is 13.2. The molecule has 5 heterocycles. The first kappa shape index (κ1) is 31.2. The average molecular weight is 684 g/mol. The Kier molecular flexibility index (Phi) is 8.82. The zero-order chi connectivity index (χ0) is 31.9. The van der Waals surface area contributed by atoms with Gasteiger partial charge in [-0.05, 0) is 13.8 Å². The SMILES string of the molecule is C[C@H](ON=C(C(=O)N[C@@H]1C(=O)N2C(C(=O)O)=C(C[n+]3cc4sccn4c3[C@@H](C)NC=O)CS[C@H]12)c1nc(N)sc1Cl)C(=O)O. The number of aliphatic carboxylic acids is 2. The number of oxime groups is 1. The highest BCUT2D eigenvalue weighted by molar-refractivity contribution is 8.00. The Morgan fingerprint density at radius 1 is 1.36 bits per heavy atom. The van der Waals surface area contributed by atoms with Gasteiger partial charge in [-0.15, -0.1) is 11.8 Å². The first-order valence-corrected chi connectivity index (χ1v) is 15.8. The van der Waals surface area contributed by atoms with E-state index in [2.05, 4.69) is 20.8 Å². The number of fused-ring (bicyclic) bond motifs is 2. The topological polar surface area (TPSA) is 222 Å². The van der Waals surface area contributed by atoms with E-state index in [-0.39, 0.29) is 33.2 Å². The maximum absolute atomic E-state index is 13.3. The van der Waals surface area contributed by atoms with Gasteiger partial charge in [0.15, 0.2) is 10.8 Å². The lowest BCUT2D eigenvalue weighted by molar-refractivity contribution is -0.696. The highest BCUT2D eigenvalue weighted by atomic mass is 35.5. The molecule has 0 unspecified atom stereocenters. The third-order valence-electron chi connectivity index (χ3n) is 6.74. The number of imidazole rings is 1. The van der Waals surface area contributed by atoms with Crippen LogP contribution in [0.25, 0.3) is 4.83 Å². The summed E-state index contributed by atoms with van der Waals surface area (Å²) < 4.78 is 3.71. The van der Waals surface area contributed by atoms with Crippen LogP contribution in [0, 0.1) is 0 Å². The fourth-order valence-corrected chi connectivity index (χ4v) is 7.77. The molecule has 20 heteroatoms. The number of hydrogen-bond acceptors (Lipinski definition) is 12. The molecular formula is C24H24ClN8O8S3+. The lowest BCUT2D eigenvalue weighted by atomic mass is 10.0. The summed E-state index contributed by atoms with van der Waals surface area (Å²) in [6.07, 6.45) is 2.86. The zero-order valence-corrected chi connectivity index (χ0v) is 26.0. The molecule has 232 valence electrons. The monoisotopic (exact) mass is 683 g/mol. The fourth-order valence-electron chi connectivity index (χ4n) is 4.72. The van der Waals surface area contributed by atoms with Crippen LogP contribution in [0.2, 0.25) is 4.34 Å². The molecule has 2 aliphatic rings. The van der Waals surface area contributed by atoms with Crippen LogP contribution in [0.1, 0.15) is 31.4 Å².